The number of methoxy groups -OCH3 is 1. The third kappa shape index (κ3) is 3.45. The quantitative estimate of drug-likeness (QED) is 0.912. The van der Waals surface area contributed by atoms with E-state index < -0.39 is 0 Å². The summed E-state index contributed by atoms with van der Waals surface area (Å²) >= 11 is 5.82. The van der Waals surface area contributed by atoms with Crippen molar-refractivity contribution >= 4 is 17.5 Å². The van der Waals surface area contributed by atoms with Crippen LogP contribution in [0.25, 0.3) is 0 Å². The summed E-state index contributed by atoms with van der Waals surface area (Å²) in [6, 6.07) is 0.585. The molecule has 0 bridgehead atoms. The Kier molecular flexibility index (Phi) is 4.58. The fraction of sp³-hybridized carbons (Fsp3) is 0.750. The van der Waals surface area contributed by atoms with Gasteiger partial charge in [0.1, 0.15) is 0 Å². The molecule has 1 atom stereocenters. The van der Waals surface area contributed by atoms with Gasteiger partial charge < -0.3 is 10.1 Å². The Balaban J connectivity index is 2.01. The molecule has 1 aliphatic rings. The van der Waals surface area contributed by atoms with Crippen molar-refractivity contribution in [3.63, 3.8) is 0 Å². The van der Waals surface area contributed by atoms with Crippen LogP contribution in [-0.4, -0.2) is 28.1 Å². The molecule has 1 aromatic heterocycles. The molecule has 1 aliphatic carbocycles. The zero-order valence-corrected chi connectivity index (χ0v) is 11.6. The summed E-state index contributed by atoms with van der Waals surface area (Å²) in [6.07, 6.45) is 6.53. The highest BCUT2D eigenvalue weighted by atomic mass is 35.5. The number of nitrogens with one attached hydrogen (secondary N) is 1. The first-order chi connectivity index (χ1) is 8.69. The first kappa shape index (κ1) is 13.3. The molecule has 6 heteroatoms. The van der Waals surface area contributed by atoms with E-state index in [0.29, 0.717) is 17.9 Å². The van der Waals surface area contributed by atoms with Crippen LogP contribution in [-0.2, 0) is 0 Å². The minimum Gasteiger partial charge on any atom is -0.467 e. The molecule has 0 saturated heterocycles. The summed E-state index contributed by atoms with van der Waals surface area (Å²) in [7, 11) is 1.51. The highest BCUT2D eigenvalue weighted by molar-refractivity contribution is 6.28. The van der Waals surface area contributed by atoms with E-state index in [1.165, 1.54) is 39.2 Å². The Labute approximate surface area is 112 Å². The van der Waals surface area contributed by atoms with E-state index in [4.69, 9.17) is 16.3 Å². The molecule has 0 aliphatic heterocycles. The van der Waals surface area contributed by atoms with Gasteiger partial charge in [0.05, 0.1) is 7.11 Å². The lowest BCUT2D eigenvalue weighted by molar-refractivity contribution is 0.327. The van der Waals surface area contributed by atoms with Crippen LogP contribution in [0, 0.1) is 5.92 Å². The lowest BCUT2D eigenvalue weighted by Crippen LogP contribution is -2.28. The van der Waals surface area contributed by atoms with Gasteiger partial charge in [0.2, 0.25) is 11.2 Å². The first-order valence-electron chi connectivity index (χ1n) is 6.41. The monoisotopic (exact) mass is 270 g/mol. The third-order valence-electron chi connectivity index (χ3n) is 3.48. The van der Waals surface area contributed by atoms with Crippen molar-refractivity contribution in [3.05, 3.63) is 5.28 Å². The Morgan fingerprint density at radius 3 is 2.61 bits per heavy atom. The summed E-state index contributed by atoms with van der Waals surface area (Å²) in [5.74, 6) is 1.17. The van der Waals surface area contributed by atoms with E-state index in [1.807, 2.05) is 0 Å². The highest BCUT2D eigenvalue weighted by Crippen LogP contribution is 2.27. The number of anilines is 1. The smallest absolute Gasteiger partial charge is 0.322 e. The van der Waals surface area contributed by atoms with Crippen molar-refractivity contribution in [1.29, 1.82) is 0 Å². The fourth-order valence-corrected chi connectivity index (χ4v) is 2.60. The molecule has 18 heavy (non-hydrogen) atoms. The van der Waals surface area contributed by atoms with E-state index in [0.717, 1.165) is 0 Å². The Bertz CT molecular complexity index is 396. The third-order valence-corrected chi connectivity index (χ3v) is 3.65. The van der Waals surface area contributed by atoms with Gasteiger partial charge in [-0.3, -0.25) is 0 Å². The van der Waals surface area contributed by atoms with Gasteiger partial charge >= 0.3 is 6.01 Å². The zero-order valence-electron chi connectivity index (χ0n) is 10.8. The van der Waals surface area contributed by atoms with Crippen LogP contribution in [0.3, 0.4) is 0 Å². The molecule has 1 heterocycles. The van der Waals surface area contributed by atoms with Crippen LogP contribution < -0.4 is 10.1 Å². The van der Waals surface area contributed by atoms with Crippen LogP contribution in [0.2, 0.25) is 5.28 Å². The average molecular weight is 271 g/mol. The van der Waals surface area contributed by atoms with Crippen LogP contribution >= 0.6 is 11.6 Å². The van der Waals surface area contributed by atoms with E-state index in [2.05, 4.69) is 27.2 Å². The predicted octanol–water partition coefficient (Wildman–Crippen LogP) is 2.91. The molecule has 0 aromatic carbocycles. The Morgan fingerprint density at radius 2 is 1.94 bits per heavy atom. The number of halogens is 1. The highest BCUT2D eigenvalue weighted by Gasteiger charge is 2.21. The second-order valence-electron chi connectivity index (χ2n) is 4.75. The minimum absolute atomic E-state index is 0.153. The van der Waals surface area contributed by atoms with E-state index in [9.17, 15) is 0 Å². The number of nitrogens with zero attached hydrogens (tertiary/aromatic N) is 3. The van der Waals surface area contributed by atoms with E-state index in [1.54, 1.807) is 0 Å². The number of rotatable bonds is 4. The normalized spacial score (nSPS) is 18.4. The van der Waals surface area contributed by atoms with Gasteiger partial charge in [0.15, 0.2) is 0 Å². The maximum absolute atomic E-state index is 5.82. The zero-order chi connectivity index (χ0) is 13.0. The number of hydrogen-bond donors (Lipinski definition) is 1. The van der Waals surface area contributed by atoms with Crippen molar-refractivity contribution in [1.82, 2.24) is 15.0 Å². The molecule has 5 nitrogen and oxygen atoms in total. The molecule has 0 spiro atoms. The molecule has 1 saturated carbocycles. The topological polar surface area (TPSA) is 59.9 Å². The van der Waals surface area contributed by atoms with Crippen molar-refractivity contribution in [3.8, 4) is 6.01 Å². The van der Waals surface area contributed by atoms with Crippen molar-refractivity contribution in [2.45, 2.75) is 45.1 Å². The van der Waals surface area contributed by atoms with Crippen LogP contribution in [0.5, 0.6) is 6.01 Å². The van der Waals surface area contributed by atoms with Crippen molar-refractivity contribution in [2.75, 3.05) is 12.4 Å². The number of ether oxygens (including phenoxy) is 1. The molecule has 0 amide bonds. The fourth-order valence-electron chi connectivity index (χ4n) is 2.44. The predicted molar refractivity (Wildman–Crippen MR) is 71.0 cm³/mol. The van der Waals surface area contributed by atoms with E-state index >= 15 is 0 Å². The molecule has 1 N–H and O–H groups in total. The van der Waals surface area contributed by atoms with Gasteiger partial charge in [-0.15, -0.1) is 0 Å². The minimum atomic E-state index is 0.153. The number of aromatic nitrogens is 3. The Hall–Kier alpha value is -1.10. The van der Waals surface area contributed by atoms with Gasteiger partial charge in [-0.25, -0.2) is 0 Å². The molecule has 1 fully saturated rings. The van der Waals surface area contributed by atoms with Gasteiger partial charge in [-0.1, -0.05) is 19.3 Å². The largest absolute Gasteiger partial charge is 0.467 e. The Morgan fingerprint density at radius 1 is 1.22 bits per heavy atom. The van der Waals surface area contributed by atoms with Gasteiger partial charge in [-0.2, -0.15) is 15.0 Å². The van der Waals surface area contributed by atoms with Gasteiger partial charge in [-0.05, 0) is 37.3 Å². The van der Waals surface area contributed by atoms with Crippen LogP contribution in [0.15, 0.2) is 0 Å². The average Bonchev–Trinajstić information content (AvgIpc) is 2.39. The lowest BCUT2D eigenvalue weighted by Gasteiger charge is -2.28. The van der Waals surface area contributed by atoms with Crippen LogP contribution in [0.1, 0.15) is 39.0 Å². The maximum Gasteiger partial charge on any atom is 0.322 e. The molecule has 0 radical (unpaired) electrons. The summed E-state index contributed by atoms with van der Waals surface area (Å²) in [5, 5.41) is 3.45. The molecule has 2 rings (SSSR count). The second kappa shape index (κ2) is 6.18. The second-order valence-corrected chi connectivity index (χ2v) is 5.08. The molecule has 100 valence electrons. The summed E-state index contributed by atoms with van der Waals surface area (Å²) in [6.45, 7) is 2.17. The molecular weight excluding hydrogens is 252 g/mol. The van der Waals surface area contributed by atoms with Crippen LogP contribution in [0.4, 0.5) is 5.95 Å². The lowest BCUT2D eigenvalue weighted by atomic mass is 9.85. The first-order valence-corrected chi connectivity index (χ1v) is 6.79. The van der Waals surface area contributed by atoms with Gasteiger partial charge in [0, 0.05) is 6.04 Å². The SMILES string of the molecule is COc1nc(Cl)nc(NC(C)C2CCCCC2)n1. The summed E-state index contributed by atoms with van der Waals surface area (Å²) < 4.78 is 4.98. The molecular formula is C12H19ClN4O. The van der Waals surface area contributed by atoms with Crippen molar-refractivity contribution in [2.24, 2.45) is 5.92 Å². The number of hydrogen-bond acceptors (Lipinski definition) is 5. The summed E-state index contributed by atoms with van der Waals surface area (Å²) in [4.78, 5) is 12.1. The van der Waals surface area contributed by atoms with Crippen molar-refractivity contribution < 1.29 is 4.74 Å². The molecule has 1 aromatic rings. The maximum atomic E-state index is 5.82. The van der Waals surface area contributed by atoms with Gasteiger partial charge in [0.25, 0.3) is 0 Å². The summed E-state index contributed by atoms with van der Waals surface area (Å²) in [5.41, 5.74) is 0. The molecule has 1 unspecified atom stereocenters. The van der Waals surface area contributed by atoms with E-state index in [-0.39, 0.29) is 11.3 Å². The standard InChI is InChI=1S/C12H19ClN4O/c1-8(9-6-4-3-5-7-9)14-11-15-10(13)16-12(17-11)18-2/h8-9H,3-7H2,1-2H3,(H,14,15,16,17).